The molecule has 2 aliphatic rings. The molecule has 2 N–H and O–H groups in total. The van der Waals surface area contributed by atoms with E-state index < -0.39 is 0 Å². The Morgan fingerprint density at radius 1 is 1.24 bits per heavy atom. The van der Waals surface area contributed by atoms with Gasteiger partial charge in [0, 0.05) is 24.3 Å². The first-order valence-electron chi connectivity index (χ1n) is 6.65. The van der Waals surface area contributed by atoms with E-state index in [-0.39, 0.29) is 0 Å². The third-order valence-corrected chi connectivity index (χ3v) is 3.63. The molecule has 0 radical (unpaired) electrons. The van der Waals surface area contributed by atoms with Crippen LogP contribution in [0.1, 0.15) is 24.8 Å². The Labute approximate surface area is 103 Å². The monoisotopic (exact) mass is 232 g/mol. The van der Waals surface area contributed by atoms with Crippen molar-refractivity contribution in [1.82, 2.24) is 5.32 Å². The zero-order chi connectivity index (χ0) is 11.5. The van der Waals surface area contributed by atoms with E-state index in [2.05, 4.69) is 28.8 Å². The van der Waals surface area contributed by atoms with Gasteiger partial charge in [-0.15, -0.1) is 0 Å². The zero-order valence-corrected chi connectivity index (χ0v) is 10.2. The fraction of sp³-hybridized carbons (Fsp3) is 0.571. The Morgan fingerprint density at radius 3 is 3.12 bits per heavy atom. The molecule has 17 heavy (non-hydrogen) atoms. The fourth-order valence-corrected chi connectivity index (χ4v) is 2.63. The van der Waals surface area contributed by atoms with Gasteiger partial charge in [-0.05, 0) is 43.9 Å². The number of aryl methyl sites for hydroxylation is 1. The molecule has 3 nitrogen and oxygen atoms in total. The molecule has 1 unspecified atom stereocenters. The minimum atomic E-state index is 0.541. The van der Waals surface area contributed by atoms with Crippen LogP contribution in [0.3, 0.4) is 0 Å². The van der Waals surface area contributed by atoms with Gasteiger partial charge in [-0.3, -0.25) is 0 Å². The molecule has 1 aromatic carbocycles. The van der Waals surface area contributed by atoms with E-state index in [1.807, 2.05) is 0 Å². The Balaban J connectivity index is 1.62. The Bertz CT molecular complexity index is 386. The number of fused-ring (bicyclic) bond motifs is 1. The van der Waals surface area contributed by atoms with Gasteiger partial charge in [0.1, 0.15) is 12.4 Å². The molecule has 0 bridgehead atoms. The molecule has 0 aromatic heterocycles. The van der Waals surface area contributed by atoms with Crippen LogP contribution >= 0.6 is 0 Å². The lowest BCUT2D eigenvalue weighted by atomic mass is 10.0. The molecular formula is C14H20N2O. The Hall–Kier alpha value is -1.22. The lowest BCUT2D eigenvalue weighted by molar-refractivity contribution is 0.277. The van der Waals surface area contributed by atoms with E-state index in [4.69, 9.17) is 4.74 Å². The van der Waals surface area contributed by atoms with Crippen LogP contribution in [0.2, 0.25) is 0 Å². The van der Waals surface area contributed by atoms with Crippen LogP contribution < -0.4 is 15.4 Å². The molecule has 1 saturated heterocycles. The van der Waals surface area contributed by atoms with E-state index in [1.54, 1.807) is 0 Å². The summed E-state index contributed by atoms with van der Waals surface area (Å²) in [5.74, 6) is 0.992. The van der Waals surface area contributed by atoms with Gasteiger partial charge in [0.05, 0.1) is 0 Å². The number of nitrogens with one attached hydrogen (secondary N) is 2. The molecular weight excluding hydrogens is 212 g/mol. The molecule has 0 spiro atoms. The van der Waals surface area contributed by atoms with E-state index in [0.29, 0.717) is 6.04 Å². The molecule has 1 aromatic rings. The maximum absolute atomic E-state index is 5.85. The van der Waals surface area contributed by atoms with Gasteiger partial charge in [0.2, 0.25) is 0 Å². The standard InChI is InChI=1S/C14H20N2O/c1-3-11-5-6-13(9-14(11)16-8-1)17-10-12-4-2-7-15-12/h5-6,9,12,15-16H,1-4,7-8,10H2. The number of anilines is 1. The van der Waals surface area contributed by atoms with Crippen molar-refractivity contribution in [1.29, 1.82) is 0 Å². The third-order valence-electron chi connectivity index (χ3n) is 3.63. The van der Waals surface area contributed by atoms with Crippen LogP contribution in [-0.2, 0) is 6.42 Å². The fourth-order valence-electron chi connectivity index (χ4n) is 2.63. The highest BCUT2D eigenvalue weighted by Gasteiger charge is 2.15. The second-order valence-corrected chi connectivity index (χ2v) is 4.95. The highest BCUT2D eigenvalue weighted by atomic mass is 16.5. The summed E-state index contributed by atoms with van der Waals surface area (Å²) in [5, 5.41) is 6.88. The van der Waals surface area contributed by atoms with Crippen molar-refractivity contribution in [2.75, 3.05) is 25.0 Å². The van der Waals surface area contributed by atoms with Crippen molar-refractivity contribution in [3.8, 4) is 5.75 Å². The molecule has 3 rings (SSSR count). The first-order valence-corrected chi connectivity index (χ1v) is 6.65. The van der Waals surface area contributed by atoms with Crippen molar-refractivity contribution in [3.05, 3.63) is 23.8 Å². The lowest BCUT2D eigenvalue weighted by Crippen LogP contribution is -2.28. The molecule has 1 atom stereocenters. The molecule has 1 fully saturated rings. The average molecular weight is 232 g/mol. The summed E-state index contributed by atoms with van der Waals surface area (Å²) >= 11 is 0. The average Bonchev–Trinajstić information content (AvgIpc) is 2.89. The lowest BCUT2D eigenvalue weighted by Gasteiger charge is -2.19. The number of rotatable bonds is 3. The van der Waals surface area contributed by atoms with Gasteiger partial charge in [0.15, 0.2) is 0 Å². The summed E-state index contributed by atoms with van der Waals surface area (Å²) in [6.45, 7) is 3.01. The summed E-state index contributed by atoms with van der Waals surface area (Å²) in [7, 11) is 0. The van der Waals surface area contributed by atoms with Gasteiger partial charge in [-0.1, -0.05) is 6.07 Å². The van der Waals surface area contributed by atoms with Crippen LogP contribution in [0.4, 0.5) is 5.69 Å². The zero-order valence-electron chi connectivity index (χ0n) is 10.2. The van der Waals surface area contributed by atoms with Crippen molar-refractivity contribution in [2.45, 2.75) is 31.7 Å². The number of hydrogen-bond donors (Lipinski definition) is 2. The smallest absolute Gasteiger partial charge is 0.121 e. The predicted molar refractivity (Wildman–Crippen MR) is 69.8 cm³/mol. The number of hydrogen-bond acceptors (Lipinski definition) is 3. The Morgan fingerprint density at radius 2 is 2.24 bits per heavy atom. The minimum Gasteiger partial charge on any atom is -0.492 e. The highest BCUT2D eigenvalue weighted by molar-refractivity contribution is 5.56. The molecule has 0 saturated carbocycles. The van der Waals surface area contributed by atoms with Crippen LogP contribution in [0, 0.1) is 0 Å². The van der Waals surface area contributed by atoms with Gasteiger partial charge >= 0.3 is 0 Å². The second-order valence-electron chi connectivity index (χ2n) is 4.95. The maximum Gasteiger partial charge on any atom is 0.121 e. The van der Waals surface area contributed by atoms with E-state index in [1.165, 1.54) is 36.9 Å². The molecule has 0 amide bonds. The topological polar surface area (TPSA) is 33.3 Å². The first-order chi connectivity index (χ1) is 8.42. The Kier molecular flexibility index (Phi) is 3.18. The van der Waals surface area contributed by atoms with Crippen LogP contribution in [0.25, 0.3) is 0 Å². The summed E-state index contributed by atoms with van der Waals surface area (Å²) in [4.78, 5) is 0. The van der Waals surface area contributed by atoms with Crippen LogP contribution in [0.15, 0.2) is 18.2 Å². The molecule has 3 heteroatoms. The van der Waals surface area contributed by atoms with Crippen molar-refractivity contribution < 1.29 is 4.74 Å². The summed E-state index contributed by atoms with van der Waals surface area (Å²) in [6.07, 6.45) is 4.94. The third kappa shape index (κ3) is 2.55. The van der Waals surface area contributed by atoms with Crippen LogP contribution in [-0.4, -0.2) is 25.7 Å². The van der Waals surface area contributed by atoms with Gasteiger partial charge in [-0.2, -0.15) is 0 Å². The SMILES string of the molecule is c1cc2c(cc1OCC1CCCN1)NCCC2. The minimum absolute atomic E-state index is 0.541. The summed E-state index contributed by atoms with van der Waals surface area (Å²) in [5.41, 5.74) is 2.68. The maximum atomic E-state index is 5.85. The van der Waals surface area contributed by atoms with E-state index >= 15 is 0 Å². The predicted octanol–water partition coefficient (Wildman–Crippen LogP) is 2.18. The molecule has 2 aliphatic heterocycles. The van der Waals surface area contributed by atoms with E-state index in [9.17, 15) is 0 Å². The largest absolute Gasteiger partial charge is 0.492 e. The number of benzene rings is 1. The van der Waals surface area contributed by atoms with Crippen LogP contribution in [0.5, 0.6) is 5.75 Å². The molecule has 0 aliphatic carbocycles. The molecule has 92 valence electrons. The summed E-state index contributed by atoms with van der Waals surface area (Å²) in [6, 6.07) is 6.97. The van der Waals surface area contributed by atoms with Crippen molar-refractivity contribution in [2.24, 2.45) is 0 Å². The number of ether oxygens (including phenoxy) is 1. The van der Waals surface area contributed by atoms with E-state index in [0.717, 1.165) is 25.4 Å². The quantitative estimate of drug-likeness (QED) is 0.838. The van der Waals surface area contributed by atoms with Gasteiger partial charge in [-0.25, -0.2) is 0 Å². The molecule has 2 heterocycles. The van der Waals surface area contributed by atoms with Gasteiger partial charge in [0.25, 0.3) is 0 Å². The summed E-state index contributed by atoms with van der Waals surface area (Å²) < 4.78 is 5.85. The normalized spacial score (nSPS) is 22.9. The first kappa shape index (κ1) is 10.9. The highest BCUT2D eigenvalue weighted by Crippen LogP contribution is 2.26. The second kappa shape index (κ2) is 4.96. The van der Waals surface area contributed by atoms with Crippen molar-refractivity contribution in [3.63, 3.8) is 0 Å². The van der Waals surface area contributed by atoms with Crippen molar-refractivity contribution >= 4 is 5.69 Å². The van der Waals surface area contributed by atoms with Gasteiger partial charge < -0.3 is 15.4 Å².